The Balaban J connectivity index is 1.92. The maximum absolute atomic E-state index is 13.4. The van der Waals surface area contributed by atoms with Crippen molar-refractivity contribution in [2.24, 2.45) is 0 Å². The third-order valence-corrected chi connectivity index (χ3v) is 6.86. The van der Waals surface area contributed by atoms with Crippen LogP contribution in [0.4, 0.5) is 5.69 Å². The quantitative estimate of drug-likeness (QED) is 0.642. The number of halogens is 1. The lowest BCUT2D eigenvalue weighted by Gasteiger charge is -2.36. The fourth-order valence-electron chi connectivity index (χ4n) is 3.00. The second-order valence-corrected chi connectivity index (χ2v) is 9.02. The SMILES string of the molecule is COC(=O)c1ccc(CN(c2cccc(Cl)c2)S(=O)(=O)N2CCN(C)CC2)nc1. The van der Waals surface area contributed by atoms with E-state index in [1.807, 2.05) is 7.05 Å². The standard InChI is InChI=1S/C19H23ClN4O4S/c1-22-8-10-23(11-9-22)29(26,27)24(18-5-3-4-16(20)12-18)14-17-7-6-15(13-21-17)19(25)28-2/h3-7,12-13H,8-11,14H2,1-2H3. The van der Waals surface area contributed by atoms with Crippen molar-refractivity contribution in [2.45, 2.75) is 6.54 Å². The number of benzene rings is 1. The van der Waals surface area contributed by atoms with Crippen molar-refractivity contribution in [3.63, 3.8) is 0 Å². The molecule has 0 saturated carbocycles. The van der Waals surface area contributed by atoms with Crippen molar-refractivity contribution < 1.29 is 17.9 Å². The predicted octanol–water partition coefficient (Wildman–Crippen LogP) is 2.02. The second-order valence-electron chi connectivity index (χ2n) is 6.73. The van der Waals surface area contributed by atoms with Gasteiger partial charge in [0.25, 0.3) is 0 Å². The molecule has 3 rings (SSSR count). The highest BCUT2D eigenvalue weighted by Gasteiger charge is 2.32. The molecule has 156 valence electrons. The van der Waals surface area contributed by atoms with Crippen molar-refractivity contribution in [2.75, 3.05) is 44.6 Å². The molecule has 1 saturated heterocycles. The molecule has 0 unspecified atom stereocenters. The number of ether oxygens (including phenoxy) is 1. The van der Waals surface area contributed by atoms with Crippen LogP contribution >= 0.6 is 11.6 Å². The van der Waals surface area contributed by atoms with Crippen LogP contribution < -0.4 is 4.31 Å². The molecular weight excluding hydrogens is 416 g/mol. The first-order valence-electron chi connectivity index (χ1n) is 9.06. The summed E-state index contributed by atoms with van der Waals surface area (Å²) in [7, 11) is -0.542. The van der Waals surface area contributed by atoms with Gasteiger partial charge in [0.1, 0.15) is 0 Å². The van der Waals surface area contributed by atoms with Crippen LogP contribution in [-0.2, 0) is 21.5 Å². The topological polar surface area (TPSA) is 83.0 Å². The Morgan fingerprint density at radius 2 is 1.93 bits per heavy atom. The van der Waals surface area contributed by atoms with Gasteiger partial charge in [-0.15, -0.1) is 0 Å². The zero-order valence-electron chi connectivity index (χ0n) is 16.3. The Kier molecular flexibility index (Phi) is 6.74. The van der Waals surface area contributed by atoms with Crippen molar-refractivity contribution in [3.05, 3.63) is 58.9 Å². The summed E-state index contributed by atoms with van der Waals surface area (Å²) in [5.41, 5.74) is 1.25. The van der Waals surface area contributed by atoms with Gasteiger partial charge in [-0.3, -0.25) is 9.29 Å². The van der Waals surface area contributed by atoms with Gasteiger partial charge in [0.2, 0.25) is 0 Å². The third kappa shape index (κ3) is 5.05. The summed E-state index contributed by atoms with van der Waals surface area (Å²) >= 11 is 6.11. The monoisotopic (exact) mass is 438 g/mol. The summed E-state index contributed by atoms with van der Waals surface area (Å²) in [4.78, 5) is 17.9. The zero-order chi connectivity index (χ0) is 21.0. The fraction of sp³-hybridized carbons (Fsp3) is 0.368. The maximum Gasteiger partial charge on any atom is 0.339 e. The van der Waals surface area contributed by atoms with Crippen LogP contribution in [0.1, 0.15) is 16.1 Å². The minimum absolute atomic E-state index is 0.0104. The Morgan fingerprint density at radius 1 is 1.21 bits per heavy atom. The fourth-order valence-corrected chi connectivity index (χ4v) is 4.76. The number of pyridine rings is 1. The number of likely N-dealkylation sites (N-methyl/N-ethyl adjacent to an activating group) is 1. The van der Waals surface area contributed by atoms with E-state index in [-0.39, 0.29) is 6.54 Å². The Hall–Kier alpha value is -2.20. The highest BCUT2D eigenvalue weighted by molar-refractivity contribution is 7.90. The van der Waals surface area contributed by atoms with Crippen LogP contribution in [0.5, 0.6) is 0 Å². The molecule has 1 aliphatic heterocycles. The van der Waals surface area contributed by atoms with Crippen LogP contribution in [0.3, 0.4) is 0 Å². The van der Waals surface area contributed by atoms with Gasteiger partial charge >= 0.3 is 16.2 Å². The Morgan fingerprint density at radius 3 is 2.52 bits per heavy atom. The molecule has 8 nitrogen and oxygen atoms in total. The van der Waals surface area contributed by atoms with Crippen molar-refractivity contribution in [3.8, 4) is 0 Å². The number of hydrogen-bond acceptors (Lipinski definition) is 6. The van der Waals surface area contributed by atoms with Gasteiger partial charge in [-0.25, -0.2) is 4.79 Å². The minimum atomic E-state index is -3.80. The van der Waals surface area contributed by atoms with E-state index in [4.69, 9.17) is 11.6 Å². The summed E-state index contributed by atoms with van der Waals surface area (Å²) in [6.45, 7) is 2.15. The van der Waals surface area contributed by atoms with Crippen molar-refractivity contribution in [1.29, 1.82) is 0 Å². The van der Waals surface area contributed by atoms with Crippen LogP contribution in [0, 0.1) is 0 Å². The van der Waals surface area contributed by atoms with Crippen LogP contribution in [0.2, 0.25) is 5.02 Å². The summed E-state index contributed by atoms with van der Waals surface area (Å²) in [5.74, 6) is -0.499. The third-order valence-electron chi connectivity index (χ3n) is 4.71. The van der Waals surface area contributed by atoms with E-state index in [1.165, 1.54) is 21.9 Å². The van der Waals surface area contributed by atoms with Gasteiger partial charge < -0.3 is 9.64 Å². The number of piperazine rings is 1. The predicted molar refractivity (Wildman–Crippen MR) is 111 cm³/mol. The Labute approximate surface area is 175 Å². The molecule has 1 aromatic heterocycles. The van der Waals surface area contributed by atoms with E-state index in [0.29, 0.717) is 48.1 Å². The lowest BCUT2D eigenvalue weighted by atomic mass is 10.2. The molecule has 0 bridgehead atoms. The first kappa shape index (κ1) is 21.5. The number of esters is 1. The van der Waals surface area contributed by atoms with E-state index in [0.717, 1.165) is 0 Å². The summed E-state index contributed by atoms with van der Waals surface area (Å²) in [6.07, 6.45) is 1.37. The summed E-state index contributed by atoms with van der Waals surface area (Å²) < 4.78 is 34.3. The molecule has 0 N–H and O–H groups in total. The van der Waals surface area contributed by atoms with Gasteiger partial charge in [0.05, 0.1) is 30.6 Å². The molecule has 0 radical (unpaired) electrons. The number of rotatable bonds is 6. The van der Waals surface area contributed by atoms with Gasteiger partial charge in [0, 0.05) is 37.4 Å². The smallest absolute Gasteiger partial charge is 0.339 e. The molecular formula is C19H23ClN4O4S. The van der Waals surface area contributed by atoms with Crippen molar-refractivity contribution >= 4 is 33.5 Å². The average Bonchev–Trinajstić information content (AvgIpc) is 2.72. The first-order chi connectivity index (χ1) is 13.8. The zero-order valence-corrected chi connectivity index (χ0v) is 17.9. The maximum atomic E-state index is 13.4. The highest BCUT2D eigenvalue weighted by atomic mass is 35.5. The first-order valence-corrected chi connectivity index (χ1v) is 10.8. The van der Waals surface area contributed by atoms with E-state index in [1.54, 1.807) is 36.4 Å². The molecule has 2 heterocycles. The number of hydrogen-bond donors (Lipinski definition) is 0. The van der Waals surface area contributed by atoms with Crippen LogP contribution in [-0.4, -0.2) is 68.9 Å². The molecule has 0 amide bonds. The number of nitrogens with zero attached hydrogens (tertiary/aromatic N) is 4. The van der Waals surface area contributed by atoms with Crippen LogP contribution in [0.15, 0.2) is 42.6 Å². The summed E-state index contributed by atoms with van der Waals surface area (Å²) in [6, 6.07) is 9.88. The molecule has 1 aliphatic rings. The molecule has 1 fully saturated rings. The molecule has 0 aliphatic carbocycles. The number of aromatic nitrogens is 1. The Bertz CT molecular complexity index is 960. The minimum Gasteiger partial charge on any atom is -0.465 e. The van der Waals surface area contributed by atoms with Crippen molar-refractivity contribution in [1.82, 2.24) is 14.2 Å². The molecule has 2 aromatic rings. The van der Waals surface area contributed by atoms with Crippen LogP contribution in [0.25, 0.3) is 0 Å². The largest absolute Gasteiger partial charge is 0.465 e. The number of carbonyl (C=O) groups excluding carboxylic acids is 1. The summed E-state index contributed by atoms with van der Waals surface area (Å²) in [5, 5.41) is 0.440. The van der Waals surface area contributed by atoms with Gasteiger partial charge in [-0.05, 0) is 37.4 Å². The number of carbonyl (C=O) groups is 1. The number of anilines is 1. The molecule has 0 spiro atoms. The normalized spacial score (nSPS) is 15.8. The van der Waals surface area contributed by atoms with E-state index in [2.05, 4.69) is 14.6 Å². The van der Waals surface area contributed by atoms with Gasteiger partial charge in [0.15, 0.2) is 0 Å². The lowest BCUT2D eigenvalue weighted by molar-refractivity contribution is 0.0600. The average molecular weight is 439 g/mol. The molecule has 1 aromatic carbocycles. The highest BCUT2D eigenvalue weighted by Crippen LogP contribution is 2.26. The second kappa shape index (κ2) is 9.08. The van der Waals surface area contributed by atoms with E-state index >= 15 is 0 Å². The van der Waals surface area contributed by atoms with Gasteiger partial charge in [-0.1, -0.05) is 17.7 Å². The number of methoxy groups -OCH3 is 1. The molecule has 0 atom stereocenters. The van der Waals surface area contributed by atoms with Gasteiger partial charge in [-0.2, -0.15) is 12.7 Å². The molecule has 29 heavy (non-hydrogen) atoms. The lowest BCUT2D eigenvalue weighted by Crippen LogP contribution is -2.52. The molecule has 10 heteroatoms. The van der Waals surface area contributed by atoms with E-state index < -0.39 is 16.2 Å². The van der Waals surface area contributed by atoms with E-state index in [9.17, 15) is 13.2 Å².